The summed E-state index contributed by atoms with van der Waals surface area (Å²) < 4.78 is 15.3. The van der Waals surface area contributed by atoms with E-state index in [1.807, 2.05) is 47.1 Å². The monoisotopic (exact) mass is 484 g/mol. The van der Waals surface area contributed by atoms with Crippen molar-refractivity contribution in [3.8, 4) is 11.4 Å². The van der Waals surface area contributed by atoms with Gasteiger partial charge < -0.3 is 9.47 Å². The Labute approximate surface area is 200 Å². The van der Waals surface area contributed by atoms with Crippen LogP contribution in [0.4, 0.5) is 0 Å². The Kier molecular flexibility index (Phi) is 5.74. The Morgan fingerprint density at radius 1 is 1.24 bits per heavy atom. The first kappa shape index (κ1) is 22.4. The van der Waals surface area contributed by atoms with Crippen LogP contribution in [-0.2, 0) is 17.8 Å². The lowest BCUT2D eigenvalue weighted by atomic mass is 9.95. The summed E-state index contributed by atoms with van der Waals surface area (Å²) in [5.41, 5.74) is 2.05. The quantitative estimate of drug-likeness (QED) is 0.355. The number of thioether (sulfide) groups is 1. The van der Waals surface area contributed by atoms with Crippen LogP contribution in [0.2, 0.25) is 0 Å². The highest BCUT2D eigenvalue weighted by atomic mass is 32.2. The van der Waals surface area contributed by atoms with E-state index in [-0.39, 0.29) is 11.0 Å². The maximum atomic E-state index is 13.9. The van der Waals surface area contributed by atoms with Crippen molar-refractivity contribution in [3.05, 3.63) is 44.9 Å². The molecule has 33 heavy (non-hydrogen) atoms. The zero-order valence-electron chi connectivity index (χ0n) is 19.5. The molecule has 0 spiro atoms. The summed E-state index contributed by atoms with van der Waals surface area (Å²) in [5.74, 6) is 2.98. The van der Waals surface area contributed by atoms with Crippen LogP contribution in [0.15, 0.2) is 34.2 Å². The number of fused-ring (bicyclic) bond motifs is 4. The second kappa shape index (κ2) is 8.45. The lowest BCUT2D eigenvalue weighted by molar-refractivity contribution is -0.0386. The molecule has 7 nitrogen and oxygen atoms in total. The molecule has 4 aromatic rings. The molecule has 9 heteroatoms. The zero-order valence-corrected chi connectivity index (χ0v) is 21.2. The summed E-state index contributed by atoms with van der Waals surface area (Å²) in [4.78, 5) is 15.8. The molecule has 1 aliphatic heterocycles. The van der Waals surface area contributed by atoms with Gasteiger partial charge in [0.25, 0.3) is 0 Å². The Morgan fingerprint density at radius 2 is 2.00 bits per heavy atom. The fraction of sp³-hybridized carbons (Fsp3) is 0.458. The molecule has 0 amide bonds. The van der Waals surface area contributed by atoms with Gasteiger partial charge in [-0.15, -0.1) is 21.5 Å². The highest BCUT2D eigenvalue weighted by molar-refractivity contribution is 7.99. The van der Waals surface area contributed by atoms with Gasteiger partial charge in [0.1, 0.15) is 16.1 Å². The van der Waals surface area contributed by atoms with Crippen molar-refractivity contribution >= 4 is 39.2 Å². The molecule has 0 radical (unpaired) electrons. The molecule has 0 saturated carbocycles. The van der Waals surface area contributed by atoms with E-state index < -0.39 is 0 Å². The maximum absolute atomic E-state index is 13.9. The topological polar surface area (TPSA) is 70.7 Å². The van der Waals surface area contributed by atoms with Crippen molar-refractivity contribution in [2.45, 2.75) is 57.9 Å². The third-order valence-corrected chi connectivity index (χ3v) is 8.09. The highest BCUT2D eigenvalue weighted by Gasteiger charge is 2.32. The fourth-order valence-electron chi connectivity index (χ4n) is 4.12. The summed E-state index contributed by atoms with van der Waals surface area (Å²) in [7, 11) is 1.64. The Hall–Kier alpha value is -2.36. The van der Waals surface area contributed by atoms with E-state index in [0.717, 1.165) is 44.0 Å². The third-order valence-electron chi connectivity index (χ3n) is 5.94. The van der Waals surface area contributed by atoms with E-state index in [1.165, 1.54) is 0 Å². The molecule has 1 aliphatic rings. The second-order valence-electron chi connectivity index (χ2n) is 9.39. The second-order valence-corrected chi connectivity index (χ2v) is 11.5. The van der Waals surface area contributed by atoms with Crippen molar-refractivity contribution in [3.63, 3.8) is 0 Å². The number of methoxy groups -OCH3 is 1. The number of nitrogens with zero attached hydrogens (tertiary/aromatic N) is 4. The highest BCUT2D eigenvalue weighted by Crippen LogP contribution is 2.36. The van der Waals surface area contributed by atoms with Crippen molar-refractivity contribution < 1.29 is 9.47 Å². The molecular formula is C24H28N4O3S2. The van der Waals surface area contributed by atoms with E-state index in [1.54, 1.807) is 30.2 Å². The molecule has 0 saturated heterocycles. The normalized spacial score (nSPS) is 15.5. The van der Waals surface area contributed by atoms with E-state index >= 15 is 0 Å². The smallest absolute Gasteiger partial charge is 0.242 e. The summed E-state index contributed by atoms with van der Waals surface area (Å²) >= 11 is 3.30. The van der Waals surface area contributed by atoms with Crippen molar-refractivity contribution in [2.24, 2.45) is 5.92 Å². The molecule has 0 aliphatic carbocycles. The van der Waals surface area contributed by atoms with Gasteiger partial charge in [0.15, 0.2) is 5.16 Å². The van der Waals surface area contributed by atoms with Gasteiger partial charge in [0, 0.05) is 28.3 Å². The van der Waals surface area contributed by atoms with Gasteiger partial charge in [-0.2, -0.15) is 0 Å². The molecule has 1 aromatic carbocycles. The van der Waals surface area contributed by atoms with Gasteiger partial charge in [0.05, 0.1) is 19.3 Å². The van der Waals surface area contributed by atoms with E-state index in [0.29, 0.717) is 30.2 Å². The average Bonchev–Trinajstić information content (AvgIpc) is 3.33. The van der Waals surface area contributed by atoms with E-state index in [9.17, 15) is 4.79 Å². The van der Waals surface area contributed by atoms with Gasteiger partial charge in [0.2, 0.25) is 11.2 Å². The summed E-state index contributed by atoms with van der Waals surface area (Å²) in [5, 5.41) is 9.84. The Bertz CT molecular complexity index is 1380. The SMILES string of the molecule is COc1ccc(-n2c3c(=O)c4c(sc3n3c(SCCC(C)C)nnc23)COC(C)(C)C4)cc1. The first-order valence-electron chi connectivity index (χ1n) is 11.1. The largest absolute Gasteiger partial charge is 0.497 e. The minimum atomic E-state index is -0.357. The first-order chi connectivity index (χ1) is 15.8. The van der Waals surface area contributed by atoms with Gasteiger partial charge in [-0.3, -0.25) is 9.36 Å². The van der Waals surface area contributed by atoms with Gasteiger partial charge in [-0.05, 0) is 50.5 Å². The zero-order chi connectivity index (χ0) is 23.3. The van der Waals surface area contributed by atoms with Crippen LogP contribution in [-0.4, -0.2) is 37.6 Å². The number of aromatic nitrogens is 4. The fourth-order valence-corrected chi connectivity index (χ4v) is 6.52. The first-order valence-corrected chi connectivity index (χ1v) is 12.9. The number of rotatable bonds is 6. The van der Waals surface area contributed by atoms with Gasteiger partial charge in [-0.1, -0.05) is 25.6 Å². The lowest BCUT2D eigenvalue weighted by Crippen LogP contribution is -2.35. The molecule has 0 fully saturated rings. The van der Waals surface area contributed by atoms with Crippen LogP contribution in [0.5, 0.6) is 5.75 Å². The lowest BCUT2D eigenvalue weighted by Gasteiger charge is -2.30. The number of hydrogen-bond donors (Lipinski definition) is 0. The van der Waals surface area contributed by atoms with Crippen LogP contribution >= 0.6 is 23.1 Å². The Morgan fingerprint density at radius 3 is 2.70 bits per heavy atom. The molecule has 4 heterocycles. The van der Waals surface area contributed by atoms with Crippen LogP contribution in [0.25, 0.3) is 21.8 Å². The molecule has 0 unspecified atom stereocenters. The summed E-state index contributed by atoms with van der Waals surface area (Å²) in [6.07, 6.45) is 1.68. The minimum absolute atomic E-state index is 0.0505. The number of benzene rings is 1. The molecule has 5 rings (SSSR count). The van der Waals surface area contributed by atoms with Crippen molar-refractivity contribution in [1.29, 1.82) is 0 Å². The molecule has 3 aromatic heterocycles. The predicted molar refractivity (Wildman–Crippen MR) is 133 cm³/mol. The van der Waals surface area contributed by atoms with Crippen LogP contribution in [0, 0.1) is 5.92 Å². The van der Waals surface area contributed by atoms with Crippen molar-refractivity contribution in [2.75, 3.05) is 12.9 Å². The number of imidazole rings is 1. The Balaban J connectivity index is 1.77. The molecule has 0 N–H and O–H groups in total. The number of ether oxygens (including phenoxy) is 2. The van der Waals surface area contributed by atoms with Crippen molar-refractivity contribution in [1.82, 2.24) is 19.2 Å². The predicted octanol–water partition coefficient (Wildman–Crippen LogP) is 5.09. The van der Waals surface area contributed by atoms with E-state index in [2.05, 4.69) is 24.0 Å². The molecule has 0 bridgehead atoms. The standard InChI is InChI=1S/C24H28N4O3S2/c1-14(2)10-11-32-23-26-25-22-27(15-6-8-16(30-5)9-7-15)19-20(29)17-12-24(3,4)31-13-18(17)33-21(19)28(22)23/h6-9,14H,10-13H2,1-5H3. The van der Waals surface area contributed by atoms with E-state index in [4.69, 9.17) is 9.47 Å². The molecular weight excluding hydrogens is 456 g/mol. The third kappa shape index (κ3) is 3.96. The average molecular weight is 485 g/mol. The summed E-state index contributed by atoms with van der Waals surface area (Å²) in [6, 6.07) is 7.70. The van der Waals surface area contributed by atoms with Gasteiger partial charge in [-0.25, -0.2) is 4.40 Å². The maximum Gasteiger partial charge on any atom is 0.242 e. The summed E-state index contributed by atoms with van der Waals surface area (Å²) in [6.45, 7) is 8.95. The van der Waals surface area contributed by atoms with Crippen LogP contribution in [0.1, 0.15) is 44.6 Å². The molecule has 174 valence electrons. The van der Waals surface area contributed by atoms with Gasteiger partial charge >= 0.3 is 0 Å². The van der Waals surface area contributed by atoms with Crippen LogP contribution < -0.4 is 10.2 Å². The number of hydrogen-bond acceptors (Lipinski definition) is 7. The molecule has 0 atom stereocenters. The minimum Gasteiger partial charge on any atom is -0.497 e. The van der Waals surface area contributed by atoms with Crippen LogP contribution in [0.3, 0.4) is 0 Å².